The van der Waals surface area contributed by atoms with Crippen molar-refractivity contribution >= 4 is 11.6 Å². The molecule has 0 bridgehead atoms. The lowest BCUT2D eigenvalue weighted by Crippen LogP contribution is -2.54. The lowest BCUT2D eigenvalue weighted by atomic mass is 9.89. The van der Waals surface area contributed by atoms with Crippen LogP contribution in [0.3, 0.4) is 0 Å². The molecule has 0 aromatic heterocycles. The summed E-state index contributed by atoms with van der Waals surface area (Å²) in [6.07, 6.45) is -13.6. The number of fused-ring (bicyclic) bond motifs is 1. The SMILES string of the molecule is CCc1ccc(O[C@H]2CCc3cc(C(O)(C(F)(F)F)C(F)(F)F)ccc3N(C(=O)[C@@H](O)c3ccccc3)C2)cc1. The van der Waals surface area contributed by atoms with E-state index in [4.69, 9.17) is 4.74 Å². The molecular formula is C29H27F6NO4. The molecule has 11 heteroatoms. The maximum Gasteiger partial charge on any atom is 0.430 e. The van der Waals surface area contributed by atoms with Crippen molar-refractivity contribution in [2.24, 2.45) is 0 Å². The first-order chi connectivity index (χ1) is 18.8. The summed E-state index contributed by atoms with van der Waals surface area (Å²) in [4.78, 5) is 14.6. The minimum Gasteiger partial charge on any atom is -0.489 e. The monoisotopic (exact) mass is 567 g/mol. The van der Waals surface area contributed by atoms with Gasteiger partial charge in [0.05, 0.1) is 6.54 Å². The zero-order chi connectivity index (χ0) is 29.3. The molecule has 1 aliphatic heterocycles. The fourth-order valence-electron chi connectivity index (χ4n) is 4.70. The first kappa shape index (κ1) is 29.4. The third-order valence-electron chi connectivity index (χ3n) is 6.98. The number of ether oxygens (including phenoxy) is 1. The number of aliphatic hydroxyl groups is 2. The molecule has 0 spiro atoms. The molecule has 2 N–H and O–H groups in total. The van der Waals surface area contributed by atoms with Crippen molar-refractivity contribution in [1.82, 2.24) is 0 Å². The third-order valence-corrected chi connectivity index (χ3v) is 6.98. The average molecular weight is 568 g/mol. The molecule has 1 heterocycles. The van der Waals surface area contributed by atoms with Crippen LogP contribution in [-0.4, -0.2) is 41.1 Å². The zero-order valence-corrected chi connectivity index (χ0v) is 21.3. The van der Waals surface area contributed by atoms with Crippen molar-refractivity contribution < 1.29 is 46.1 Å². The van der Waals surface area contributed by atoms with E-state index in [0.29, 0.717) is 17.9 Å². The van der Waals surface area contributed by atoms with Crippen LogP contribution in [0.5, 0.6) is 5.75 Å². The first-order valence-corrected chi connectivity index (χ1v) is 12.6. The third kappa shape index (κ3) is 5.66. The number of aryl methyl sites for hydroxylation is 2. The molecule has 0 aliphatic carbocycles. The number of carbonyl (C=O) groups excluding carboxylic acids is 1. The van der Waals surface area contributed by atoms with Gasteiger partial charge in [-0.1, -0.05) is 61.5 Å². The summed E-state index contributed by atoms with van der Waals surface area (Å²) < 4.78 is 87.5. The molecule has 1 amide bonds. The zero-order valence-electron chi connectivity index (χ0n) is 21.3. The Morgan fingerprint density at radius 2 is 1.60 bits per heavy atom. The van der Waals surface area contributed by atoms with E-state index in [1.807, 2.05) is 19.1 Å². The molecule has 2 atom stereocenters. The molecule has 0 saturated heterocycles. The van der Waals surface area contributed by atoms with E-state index in [2.05, 4.69) is 0 Å². The number of aliphatic hydroxyl groups excluding tert-OH is 1. The molecule has 214 valence electrons. The summed E-state index contributed by atoms with van der Waals surface area (Å²) in [5.41, 5.74) is -5.25. The Labute approximate surface area is 226 Å². The van der Waals surface area contributed by atoms with Crippen molar-refractivity contribution in [2.45, 2.75) is 56.3 Å². The molecule has 3 aromatic rings. The van der Waals surface area contributed by atoms with Crippen LogP contribution < -0.4 is 9.64 Å². The molecule has 0 radical (unpaired) electrons. The normalized spacial score (nSPS) is 17.1. The van der Waals surface area contributed by atoms with Gasteiger partial charge >= 0.3 is 12.4 Å². The summed E-state index contributed by atoms with van der Waals surface area (Å²) >= 11 is 0. The summed E-state index contributed by atoms with van der Waals surface area (Å²) in [5.74, 6) is -0.368. The van der Waals surface area contributed by atoms with Crippen LogP contribution in [0.25, 0.3) is 0 Å². The standard InChI is InChI=1S/C29H27F6NO4/c1-2-18-8-12-22(13-9-18)40-23-14-10-20-16-21(27(39,28(30,31)32)29(33,34)35)11-15-24(20)36(17-23)26(38)25(37)19-6-4-3-5-7-19/h3-9,11-13,15-16,23,25,37,39H,2,10,14,17H2,1H3/t23-,25-/m0/s1. The molecule has 4 rings (SSSR count). The smallest absolute Gasteiger partial charge is 0.430 e. The van der Waals surface area contributed by atoms with Gasteiger partial charge in [0, 0.05) is 11.3 Å². The summed E-state index contributed by atoms with van der Waals surface area (Å²) in [6, 6.07) is 17.1. The van der Waals surface area contributed by atoms with Crippen molar-refractivity contribution in [3.05, 3.63) is 95.1 Å². The van der Waals surface area contributed by atoms with Crippen LogP contribution in [0.2, 0.25) is 0 Å². The van der Waals surface area contributed by atoms with Gasteiger partial charge in [-0.3, -0.25) is 4.79 Å². The maximum absolute atomic E-state index is 13.6. The van der Waals surface area contributed by atoms with Crippen molar-refractivity contribution in [3.8, 4) is 5.75 Å². The summed E-state index contributed by atoms with van der Waals surface area (Å²) in [7, 11) is 0. The minimum absolute atomic E-state index is 0.0165. The van der Waals surface area contributed by atoms with E-state index in [1.165, 1.54) is 12.1 Å². The van der Waals surface area contributed by atoms with Crippen molar-refractivity contribution in [1.29, 1.82) is 0 Å². The Balaban J connectivity index is 1.75. The quantitative estimate of drug-likeness (QED) is 0.358. The fourth-order valence-corrected chi connectivity index (χ4v) is 4.70. The number of hydrogen-bond acceptors (Lipinski definition) is 4. The topological polar surface area (TPSA) is 70.0 Å². The number of carbonyl (C=O) groups is 1. The van der Waals surface area contributed by atoms with Crippen LogP contribution in [0.1, 0.15) is 41.7 Å². The summed E-state index contributed by atoms with van der Waals surface area (Å²) in [5, 5.41) is 20.8. The van der Waals surface area contributed by atoms with Crippen LogP contribution in [0.15, 0.2) is 72.8 Å². The van der Waals surface area contributed by atoms with Crippen LogP contribution in [0.4, 0.5) is 32.0 Å². The number of hydrogen-bond donors (Lipinski definition) is 2. The van der Waals surface area contributed by atoms with Crippen LogP contribution in [0, 0.1) is 0 Å². The first-order valence-electron chi connectivity index (χ1n) is 12.6. The number of nitrogens with zero attached hydrogens (tertiary/aromatic N) is 1. The Morgan fingerprint density at radius 3 is 2.17 bits per heavy atom. The number of amides is 1. The minimum atomic E-state index is -6.06. The molecule has 0 fully saturated rings. The van der Waals surface area contributed by atoms with Gasteiger partial charge in [-0.2, -0.15) is 26.3 Å². The lowest BCUT2D eigenvalue weighted by Gasteiger charge is -2.33. The molecular weight excluding hydrogens is 540 g/mol. The maximum atomic E-state index is 13.6. The predicted molar refractivity (Wildman–Crippen MR) is 135 cm³/mol. The predicted octanol–water partition coefficient (Wildman–Crippen LogP) is 6.02. The second-order valence-corrected chi connectivity index (χ2v) is 9.59. The molecule has 3 aromatic carbocycles. The second kappa shape index (κ2) is 11.1. The Kier molecular flexibility index (Phi) is 8.18. The Bertz CT molecular complexity index is 1310. The lowest BCUT2D eigenvalue weighted by molar-refractivity contribution is -0.376. The summed E-state index contributed by atoms with van der Waals surface area (Å²) in [6.45, 7) is 1.85. The number of rotatable bonds is 6. The molecule has 1 aliphatic rings. The van der Waals surface area contributed by atoms with Gasteiger partial charge in [0.1, 0.15) is 11.9 Å². The molecule has 0 saturated carbocycles. The number of alkyl halides is 6. The van der Waals surface area contributed by atoms with Gasteiger partial charge in [0.25, 0.3) is 11.5 Å². The highest BCUT2D eigenvalue weighted by atomic mass is 19.4. The fraction of sp³-hybridized carbons (Fsp3) is 0.345. The van der Waals surface area contributed by atoms with E-state index in [0.717, 1.165) is 23.0 Å². The molecule has 0 unspecified atom stereocenters. The largest absolute Gasteiger partial charge is 0.489 e. The van der Waals surface area contributed by atoms with Crippen molar-refractivity contribution in [2.75, 3.05) is 11.4 Å². The van der Waals surface area contributed by atoms with Crippen LogP contribution in [-0.2, 0) is 23.2 Å². The highest BCUT2D eigenvalue weighted by Crippen LogP contribution is 2.50. The van der Waals surface area contributed by atoms with E-state index in [-0.39, 0.29) is 36.2 Å². The highest BCUT2D eigenvalue weighted by Gasteiger charge is 2.71. The Morgan fingerprint density at radius 1 is 0.975 bits per heavy atom. The van der Waals surface area contributed by atoms with E-state index < -0.39 is 41.6 Å². The van der Waals surface area contributed by atoms with Gasteiger partial charge in [-0.05, 0) is 54.2 Å². The number of anilines is 1. The van der Waals surface area contributed by atoms with Gasteiger partial charge in [-0.15, -0.1) is 0 Å². The van der Waals surface area contributed by atoms with Crippen molar-refractivity contribution in [3.63, 3.8) is 0 Å². The highest BCUT2D eigenvalue weighted by molar-refractivity contribution is 5.98. The second-order valence-electron chi connectivity index (χ2n) is 9.59. The van der Waals surface area contributed by atoms with E-state index in [1.54, 1.807) is 30.3 Å². The van der Waals surface area contributed by atoms with Crippen LogP contribution >= 0.6 is 0 Å². The average Bonchev–Trinajstić information content (AvgIpc) is 3.10. The van der Waals surface area contributed by atoms with Gasteiger partial charge in [0.2, 0.25) is 0 Å². The van der Waals surface area contributed by atoms with E-state index in [9.17, 15) is 41.4 Å². The number of benzene rings is 3. The Hall–Kier alpha value is -3.57. The van der Waals surface area contributed by atoms with Gasteiger partial charge in [0.15, 0.2) is 6.10 Å². The molecule has 5 nitrogen and oxygen atoms in total. The number of halogens is 6. The molecule has 40 heavy (non-hydrogen) atoms. The van der Waals surface area contributed by atoms with Gasteiger partial charge in [-0.25, -0.2) is 0 Å². The van der Waals surface area contributed by atoms with E-state index >= 15 is 0 Å². The van der Waals surface area contributed by atoms with Gasteiger partial charge < -0.3 is 19.8 Å².